The van der Waals surface area contributed by atoms with E-state index in [4.69, 9.17) is 32.7 Å². The molecule has 0 saturated carbocycles. The molecule has 9 heteroatoms. The van der Waals surface area contributed by atoms with Gasteiger partial charge in [-0.15, -0.1) is 0 Å². The van der Waals surface area contributed by atoms with Gasteiger partial charge >= 0.3 is 5.97 Å². The maximum atomic E-state index is 13.6. The molecule has 0 radical (unpaired) electrons. The number of carbonyl (C=O) groups excluding carboxylic acids is 1. The maximum Gasteiger partial charge on any atom is 0.338 e. The monoisotopic (exact) mass is 564 g/mol. The Balaban J connectivity index is 1.50. The Morgan fingerprint density at radius 3 is 2.45 bits per heavy atom. The van der Waals surface area contributed by atoms with Gasteiger partial charge in [0.2, 0.25) is 0 Å². The van der Waals surface area contributed by atoms with Crippen LogP contribution in [0.15, 0.2) is 93.9 Å². The molecule has 1 atom stereocenters. The normalized spacial score (nSPS) is 15.2. The first-order valence-electron chi connectivity index (χ1n) is 11.7. The van der Waals surface area contributed by atoms with Crippen LogP contribution in [-0.2, 0) is 16.1 Å². The number of carbonyl (C=O) groups is 1. The molecule has 5 rings (SSSR count). The van der Waals surface area contributed by atoms with Crippen LogP contribution in [0, 0.1) is 0 Å². The highest BCUT2D eigenvalue weighted by Gasteiger charge is 2.33. The number of thiazole rings is 1. The standard InChI is InChI=1S/C29H22Cl2N2O4S/c1-17-25(28(35)36-2)26(19-9-11-21(30)12-10-19)33-27(34)24(38-29(33)32-17)15-18-7-13-22(14-8-18)37-16-20-5-3-4-6-23(20)31/h3-15,26H,16H2,1-2H3/b24-15-/t26-/m1/s1. The van der Waals surface area contributed by atoms with Gasteiger partial charge in [-0.1, -0.05) is 77.0 Å². The number of allylic oxidation sites excluding steroid dienone is 1. The quantitative estimate of drug-likeness (QED) is 0.298. The minimum atomic E-state index is -0.682. The first-order valence-corrected chi connectivity index (χ1v) is 13.3. The minimum absolute atomic E-state index is 0.248. The summed E-state index contributed by atoms with van der Waals surface area (Å²) in [5, 5.41) is 1.21. The van der Waals surface area contributed by atoms with Gasteiger partial charge < -0.3 is 9.47 Å². The molecule has 38 heavy (non-hydrogen) atoms. The third kappa shape index (κ3) is 5.18. The lowest BCUT2D eigenvalue weighted by Gasteiger charge is -2.24. The first-order chi connectivity index (χ1) is 18.4. The zero-order valence-electron chi connectivity index (χ0n) is 20.5. The van der Waals surface area contributed by atoms with Crippen LogP contribution in [0.5, 0.6) is 5.75 Å². The number of halogens is 2. The van der Waals surface area contributed by atoms with Crippen molar-refractivity contribution >= 4 is 46.6 Å². The molecule has 1 aromatic heterocycles. The molecule has 4 aromatic rings. The maximum absolute atomic E-state index is 13.6. The van der Waals surface area contributed by atoms with E-state index in [1.807, 2.05) is 48.5 Å². The number of ether oxygens (including phenoxy) is 2. The summed E-state index contributed by atoms with van der Waals surface area (Å²) in [5.41, 5.74) is 3.03. The predicted octanol–water partition coefficient (Wildman–Crippen LogP) is 5.29. The fourth-order valence-electron chi connectivity index (χ4n) is 4.24. The summed E-state index contributed by atoms with van der Waals surface area (Å²) < 4.78 is 12.9. The van der Waals surface area contributed by atoms with Crippen LogP contribution < -0.4 is 19.6 Å². The highest BCUT2D eigenvalue weighted by molar-refractivity contribution is 7.07. The molecular weight excluding hydrogens is 543 g/mol. The average molecular weight is 565 g/mol. The Morgan fingerprint density at radius 1 is 1.05 bits per heavy atom. The molecule has 0 fully saturated rings. The van der Waals surface area contributed by atoms with Gasteiger partial charge in [-0.3, -0.25) is 9.36 Å². The minimum Gasteiger partial charge on any atom is -0.489 e. The van der Waals surface area contributed by atoms with Crippen molar-refractivity contribution in [3.63, 3.8) is 0 Å². The van der Waals surface area contributed by atoms with Gasteiger partial charge in [-0.2, -0.15) is 0 Å². The van der Waals surface area contributed by atoms with Gasteiger partial charge in [0.15, 0.2) is 4.80 Å². The molecule has 0 bridgehead atoms. The Morgan fingerprint density at radius 2 is 1.76 bits per heavy atom. The Bertz CT molecular complexity index is 1720. The molecule has 0 unspecified atom stereocenters. The Kier molecular flexibility index (Phi) is 7.51. The van der Waals surface area contributed by atoms with Crippen LogP contribution in [0.1, 0.15) is 29.7 Å². The number of esters is 1. The van der Waals surface area contributed by atoms with Crippen LogP contribution in [0.25, 0.3) is 6.08 Å². The van der Waals surface area contributed by atoms with E-state index in [1.165, 1.54) is 18.4 Å². The number of hydrogen-bond acceptors (Lipinski definition) is 6. The number of nitrogens with zero attached hydrogens (tertiary/aromatic N) is 2. The van der Waals surface area contributed by atoms with E-state index in [0.717, 1.165) is 16.7 Å². The van der Waals surface area contributed by atoms with Crippen molar-refractivity contribution in [1.29, 1.82) is 0 Å². The summed E-state index contributed by atoms with van der Waals surface area (Å²) in [6.45, 7) is 2.10. The summed E-state index contributed by atoms with van der Waals surface area (Å²) in [4.78, 5) is 31.4. The van der Waals surface area contributed by atoms with E-state index in [9.17, 15) is 9.59 Å². The molecule has 6 nitrogen and oxygen atoms in total. The first kappa shape index (κ1) is 26.0. The SMILES string of the molecule is COC(=O)C1=C(C)N=c2s/c(=C\c3ccc(OCc4ccccc4Cl)cc3)c(=O)n2[C@@H]1c1ccc(Cl)cc1. The number of benzene rings is 3. The van der Waals surface area contributed by atoms with Crippen molar-refractivity contribution < 1.29 is 14.3 Å². The average Bonchev–Trinajstić information content (AvgIpc) is 3.22. The zero-order chi connectivity index (χ0) is 26.8. The summed E-state index contributed by atoms with van der Waals surface area (Å²) in [5.74, 6) is 0.150. The summed E-state index contributed by atoms with van der Waals surface area (Å²) >= 11 is 13.6. The molecule has 0 aliphatic carbocycles. The van der Waals surface area contributed by atoms with Gasteiger partial charge in [-0.25, -0.2) is 9.79 Å². The Labute approximate surface area is 232 Å². The molecule has 1 aliphatic rings. The largest absolute Gasteiger partial charge is 0.489 e. The number of rotatable bonds is 6. The molecule has 0 N–H and O–H groups in total. The number of methoxy groups -OCH3 is 1. The van der Waals surface area contributed by atoms with E-state index >= 15 is 0 Å². The van der Waals surface area contributed by atoms with Gasteiger partial charge in [0.05, 0.1) is 29.0 Å². The lowest BCUT2D eigenvalue weighted by molar-refractivity contribution is -0.136. The van der Waals surface area contributed by atoms with Crippen molar-refractivity contribution in [2.24, 2.45) is 4.99 Å². The van der Waals surface area contributed by atoms with Gasteiger partial charge in [0.25, 0.3) is 5.56 Å². The van der Waals surface area contributed by atoms with Crippen LogP contribution in [0.2, 0.25) is 10.0 Å². The Hall–Kier alpha value is -3.65. The van der Waals surface area contributed by atoms with Gasteiger partial charge in [0, 0.05) is 15.6 Å². The van der Waals surface area contributed by atoms with Crippen molar-refractivity contribution in [2.45, 2.75) is 19.6 Å². The van der Waals surface area contributed by atoms with Crippen LogP contribution in [0.3, 0.4) is 0 Å². The van der Waals surface area contributed by atoms with Crippen LogP contribution in [0.4, 0.5) is 0 Å². The van der Waals surface area contributed by atoms with Crippen molar-refractivity contribution in [1.82, 2.24) is 4.57 Å². The van der Waals surface area contributed by atoms with Crippen LogP contribution in [-0.4, -0.2) is 17.6 Å². The smallest absolute Gasteiger partial charge is 0.338 e. The molecular formula is C29H22Cl2N2O4S. The fraction of sp³-hybridized carbons (Fsp3) is 0.138. The van der Waals surface area contributed by atoms with E-state index in [1.54, 1.807) is 41.8 Å². The number of aromatic nitrogens is 1. The lowest BCUT2D eigenvalue weighted by Crippen LogP contribution is -2.39. The second kappa shape index (κ2) is 11.0. The summed E-state index contributed by atoms with van der Waals surface area (Å²) in [7, 11) is 1.31. The van der Waals surface area contributed by atoms with E-state index < -0.39 is 12.0 Å². The molecule has 1 aliphatic heterocycles. The highest BCUT2D eigenvalue weighted by Crippen LogP contribution is 2.31. The number of hydrogen-bond donors (Lipinski definition) is 0. The van der Waals surface area contributed by atoms with Gasteiger partial charge in [-0.05, 0) is 54.5 Å². The lowest BCUT2D eigenvalue weighted by atomic mass is 9.96. The number of fused-ring (bicyclic) bond motifs is 1. The highest BCUT2D eigenvalue weighted by atomic mass is 35.5. The predicted molar refractivity (Wildman–Crippen MR) is 149 cm³/mol. The van der Waals surface area contributed by atoms with Crippen molar-refractivity contribution in [2.75, 3.05) is 7.11 Å². The summed E-state index contributed by atoms with van der Waals surface area (Å²) in [6.07, 6.45) is 1.80. The topological polar surface area (TPSA) is 69.9 Å². The molecule has 192 valence electrons. The molecule has 3 aromatic carbocycles. The third-order valence-corrected chi connectivity index (χ3v) is 7.75. The second-order valence-corrected chi connectivity index (χ2v) is 10.4. The summed E-state index contributed by atoms with van der Waals surface area (Å²) in [6, 6.07) is 21.3. The molecule has 0 spiro atoms. The van der Waals surface area contributed by atoms with Crippen LogP contribution >= 0.6 is 34.5 Å². The third-order valence-electron chi connectivity index (χ3n) is 6.14. The molecule has 2 heterocycles. The fourth-order valence-corrected chi connectivity index (χ4v) is 5.60. The van der Waals surface area contributed by atoms with E-state index in [2.05, 4.69) is 4.99 Å². The van der Waals surface area contributed by atoms with E-state index in [0.29, 0.717) is 43.0 Å². The van der Waals surface area contributed by atoms with Crippen molar-refractivity contribution in [3.8, 4) is 5.75 Å². The second-order valence-electron chi connectivity index (χ2n) is 8.57. The molecule has 0 amide bonds. The van der Waals surface area contributed by atoms with E-state index in [-0.39, 0.29) is 5.56 Å². The van der Waals surface area contributed by atoms with Gasteiger partial charge in [0.1, 0.15) is 12.4 Å². The zero-order valence-corrected chi connectivity index (χ0v) is 22.8. The van der Waals surface area contributed by atoms with Crippen molar-refractivity contribution in [3.05, 3.63) is 130 Å². The molecule has 0 saturated heterocycles.